The molecule has 2 rings (SSSR count). The zero-order valence-corrected chi connectivity index (χ0v) is 20.9. The van der Waals surface area contributed by atoms with Gasteiger partial charge in [-0.3, -0.25) is 9.59 Å². The summed E-state index contributed by atoms with van der Waals surface area (Å²) in [4.78, 5) is 41.0. The van der Waals surface area contributed by atoms with Gasteiger partial charge in [0.05, 0.1) is 12.1 Å². The highest BCUT2D eigenvalue weighted by molar-refractivity contribution is 5.93. The molecule has 8 heteroatoms. The molecule has 0 aromatic rings. The van der Waals surface area contributed by atoms with Gasteiger partial charge in [0.15, 0.2) is 0 Å². The van der Waals surface area contributed by atoms with Crippen molar-refractivity contribution in [1.29, 1.82) is 0 Å². The molecule has 2 amide bonds. The maximum atomic E-state index is 13.6. The van der Waals surface area contributed by atoms with Crippen molar-refractivity contribution in [2.45, 2.75) is 110 Å². The van der Waals surface area contributed by atoms with Gasteiger partial charge < -0.3 is 25.4 Å². The van der Waals surface area contributed by atoms with E-state index in [0.717, 1.165) is 25.7 Å². The van der Waals surface area contributed by atoms with Gasteiger partial charge in [-0.05, 0) is 52.0 Å². The van der Waals surface area contributed by atoms with Crippen LogP contribution >= 0.6 is 0 Å². The number of rotatable bonds is 6. The second-order valence-electron chi connectivity index (χ2n) is 11.4. The molecule has 0 spiro atoms. The highest BCUT2D eigenvalue weighted by atomic mass is 16.6. The number of nitrogens with zero attached hydrogens (tertiary/aromatic N) is 1. The van der Waals surface area contributed by atoms with Gasteiger partial charge in [-0.1, -0.05) is 40.0 Å². The van der Waals surface area contributed by atoms with E-state index in [0.29, 0.717) is 0 Å². The Morgan fingerprint density at radius 3 is 2.12 bits per heavy atom. The number of hydrogen-bond donors (Lipinski definition) is 3. The first-order valence-electron chi connectivity index (χ1n) is 11.9. The quantitative estimate of drug-likeness (QED) is 0.531. The van der Waals surface area contributed by atoms with Crippen molar-refractivity contribution < 1.29 is 24.2 Å². The van der Waals surface area contributed by atoms with Crippen molar-refractivity contribution in [3.8, 4) is 0 Å². The second-order valence-corrected chi connectivity index (χ2v) is 11.4. The average Bonchev–Trinajstić information content (AvgIpc) is 3.07. The van der Waals surface area contributed by atoms with Crippen LogP contribution in [0.2, 0.25) is 0 Å². The first-order valence-corrected chi connectivity index (χ1v) is 11.9. The van der Waals surface area contributed by atoms with Gasteiger partial charge in [0, 0.05) is 13.0 Å². The van der Waals surface area contributed by atoms with Crippen LogP contribution in [0.25, 0.3) is 0 Å². The number of amides is 2. The summed E-state index contributed by atoms with van der Waals surface area (Å²) < 4.78 is 5.49. The van der Waals surface area contributed by atoms with E-state index in [1.54, 1.807) is 27.8 Å². The Bertz CT molecular complexity index is 676. The van der Waals surface area contributed by atoms with Crippen LogP contribution in [0, 0.1) is 11.3 Å². The number of esters is 1. The Hall–Kier alpha value is -1.67. The number of ether oxygens (including phenoxy) is 1. The van der Waals surface area contributed by atoms with Gasteiger partial charge in [-0.15, -0.1) is 0 Å². The maximum Gasteiger partial charge on any atom is 0.329 e. The number of aliphatic hydroxyl groups is 1. The first kappa shape index (κ1) is 26.6. The zero-order valence-electron chi connectivity index (χ0n) is 20.9. The Balaban J connectivity index is 2.21. The topological polar surface area (TPSA) is 108 Å². The van der Waals surface area contributed by atoms with Crippen LogP contribution in [0.3, 0.4) is 0 Å². The fraction of sp³-hybridized carbons (Fsp3) is 0.875. The molecule has 8 nitrogen and oxygen atoms in total. The zero-order chi connectivity index (χ0) is 24.3. The molecule has 0 unspecified atom stereocenters. The summed E-state index contributed by atoms with van der Waals surface area (Å²) in [5.41, 5.74) is -1.28. The summed E-state index contributed by atoms with van der Waals surface area (Å²) >= 11 is 0. The van der Waals surface area contributed by atoms with Crippen LogP contribution in [-0.4, -0.2) is 71.2 Å². The molecule has 4 atom stereocenters. The van der Waals surface area contributed by atoms with Crippen LogP contribution in [0.5, 0.6) is 0 Å². The van der Waals surface area contributed by atoms with Gasteiger partial charge in [-0.2, -0.15) is 0 Å². The summed E-state index contributed by atoms with van der Waals surface area (Å²) in [6, 6.07) is -2.06. The van der Waals surface area contributed by atoms with Crippen LogP contribution in [0.15, 0.2) is 0 Å². The van der Waals surface area contributed by atoms with E-state index in [1.165, 1.54) is 11.3 Å². The number of β-amino-alcohol motifs (C(OH)–C–C–N with tert-alkyl or cyclic N) is 1. The predicted molar refractivity (Wildman–Crippen MR) is 123 cm³/mol. The molecule has 2 aliphatic rings. The lowest BCUT2D eigenvalue weighted by Gasteiger charge is -2.37. The molecule has 1 aliphatic heterocycles. The van der Waals surface area contributed by atoms with E-state index in [9.17, 15) is 19.5 Å². The molecule has 1 heterocycles. The molecule has 1 saturated heterocycles. The molecule has 0 aromatic carbocycles. The maximum absolute atomic E-state index is 13.6. The van der Waals surface area contributed by atoms with Gasteiger partial charge in [0.2, 0.25) is 11.8 Å². The fourth-order valence-electron chi connectivity index (χ4n) is 4.75. The van der Waals surface area contributed by atoms with Gasteiger partial charge in [0.1, 0.15) is 17.7 Å². The number of likely N-dealkylation sites (N-methyl/N-ethyl adjacent to an activating group) is 1. The third-order valence-electron chi connectivity index (χ3n) is 6.36. The second kappa shape index (κ2) is 10.5. The number of aliphatic hydroxyl groups excluding tert-OH is 1. The van der Waals surface area contributed by atoms with Crippen LogP contribution in [-0.2, 0) is 19.1 Å². The number of carbonyl (C=O) groups excluding carboxylic acids is 3. The van der Waals surface area contributed by atoms with Crippen LogP contribution in [0.4, 0.5) is 0 Å². The molecule has 2 fully saturated rings. The molecule has 184 valence electrons. The first-order chi connectivity index (χ1) is 14.7. The molecule has 1 aliphatic carbocycles. The van der Waals surface area contributed by atoms with Crippen molar-refractivity contribution in [2.75, 3.05) is 13.6 Å². The van der Waals surface area contributed by atoms with Gasteiger partial charge in [0.25, 0.3) is 0 Å². The van der Waals surface area contributed by atoms with E-state index in [-0.39, 0.29) is 36.7 Å². The minimum absolute atomic E-state index is 0.0449. The fourth-order valence-corrected chi connectivity index (χ4v) is 4.75. The van der Waals surface area contributed by atoms with E-state index in [1.807, 2.05) is 20.8 Å². The standard InChI is InChI=1S/C24H43N3O5/c1-23(2,3)19(26-20(29)18(25-7)15-11-9-8-10-12-15)21(30)27-14-16(28)13-17(27)22(31)32-24(4,5)6/h15-19,25,28H,8-14H2,1-7H3,(H,26,29)/t16-,17-,18-,19+/m0/s1. The minimum Gasteiger partial charge on any atom is -0.458 e. The Kier molecular flexibility index (Phi) is 8.73. The number of nitrogens with one attached hydrogen (secondary N) is 2. The van der Waals surface area contributed by atoms with E-state index < -0.39 is 35.2 Å². The summed E-state index contributed by atoms with van der Waals surface area (Å²) in [6.45, 7) is 11.0. The molecule has 3 N–H and O–H groups in total. The average molecular weight is 454 g/mol. The monoisotopic (exact) mass is 453 g/mol. The molecule has 32 heavy (non-hydrogen) atoms. The third-order valence-corrected chi connectivity index (χ3v) is 6.36. The molecule has 0 bridgehead atoms. The lowest BCUT2D eigenvalue weighted by Crippen LogP contribution is -2.60. The largest absolute Gasteiger partial charge is 0.458 e. The lowest BCUT2D eigenvalue weighted by molar-refractivity contribution is -0.164. The van der Waals surface area contributed by atoms with Crippen molar-refractivity contribution >= 4 is 17.8 Å². The van der Waals surface area contributed by atoms with Crippen molar-refractivity contribution in [1.82, 2.24) is 15.5 Å². The molecule has 0 aromatic heterocycles. The molecule has 1 saturated carbocycles. The van der Waals surface area contributed by atoms with Crippen LogP contribution < -0.4 is 10.6 Å². The van der Waals surface area contributed by atoms with Crippen LogP contribution in [0.1, 0.15) is 80.1 Å². The Labute approximate surface area is 192 Å². The van der Waals surface area contributed by atoms with Crippen molar-refractivity contribution in [3.05, 3.63) is 0 Å². The van der Waals surface area contributed by atoms with Gasteiger partial charge in [-0.25, -0.2) is 4.79 Å². The summed E-state index contributed by atoms with van der Waals surface area (Å²) in [5, 5.41) is 16.4. The van der Waals surface area contributed by atoms with Gasteiger partial charge >= 0.3 is 5.97 Å². The highest BCUT2D eigenvalue weighted by Gasteiger charge is 2.46. The number of carbonyl (C=O) groups is 3. The molecular formula is C24H43N3O5. The Morgan fingerprint density at radius 1 is 1.03 bits per heavy atom. The number of hydrogen-bond acceptors (Lipinski definition) is 6. The SMILES string of the molecule is CN[C@H](C(=O)N[C@H](C(=O)N1C[C@@H](O)C[C@H]1C(=O)OC(C)(C)C)C(C)(C)C)C1CCCCC1. The smallest absolute Gasteiger partial charge is 0.329 e. The van der Waals surface area contributed by atoms with E-state index in [4.69, 9.17) is 4.74 Å². The summed E-state index contributed by atoms with van der Waals surface area (Å²) in [6.07, 6.45) is 4.73. The Morgan fingerprint density at radius 2 is 1.62 bits per heavy atom. The lowest BCUT2D eigenvalue weighted by atomic mass is 9.82. The highest BCUT2D eigenvalue weighted by Crippen LogP contribution is 2.29. The van der Waals surface area contributed by atoms with Crippen molar-refractivity contribution in [3.63, 3.8) is 0 Å². The predicted octanol–water partition coefficient (Wildman–Crippen LogP) is 1.99. The van der Waals surface area contributed by atoms with Crippen molar-refractivity contribution in [2.24, 2.45) is 11.3 Å². The van der Waals surface area contributed by atoms with E-state index in [2.05, 4.69) is 10.6 Å². The normalized spacial score (nSPS) is 24.7. The third kappa shape index (κ3) is 6.91. The molecule has 0 radical (unpaired) electrons. The van der Waals surface area contributed by atoms with E-state index >= 15 is 0 Å². The summed E-state index contributed by atoms with van der Waals surface area (Å²) in [5.74, 6) is -0.845. The number of likely N-dealkylation sites (tertiary alicyclic amines) is 1. The summed E-state index contributed by atoms with van der Waals surface area (Å²) in [7, 11) is 1.78. The molecular weight excluding hydrogens is 410 g/mol. The minimum atomic E-state index is -0.864.